The first-order valence-corrected chi connectivity index (χ1v) is 9.14. The highest BCUT2D eigenvalue weighted by atomic mass is 32.2. The first-order chi connectivity index (χ1) is 10.6. The minimum atomic E-state index is -2.44. The van der Waals surface area contributed by atoms with E-state index in [9.17, 15) is 8.78 Å². The summed E-state index contributed by atoms with van der Waals surface area (Å²) in [5.41, 5.74) is 0. The van der Waals surface area contributed by atoms with Crippen molar-refractivity contribution in [3.05, 3.63) is 5.82 Å². The van der Waals surface area contributed by atoms with Crippen molar-refractivity contribution in [1.82, 2.24) is 20.1 Å². The number of hydrogen-bond acceptors (Lipinski definition) is 4. The minimum Gasteiger partial charge on any atom is -0.316 e. The van der Waals surface area contributed by atoms with E-state index in [1.807, 2.05) is 7.05 Å². The number of piperidine rings is 1. The summed E-state index contributed by atoms with van der Waals surface area (Å²) in [6, 6.07) is 0. The van der Waals surface area contributed by atoms with E-state index in [0.717, 1.165) is 36.2 Å². The van der Waals surface area contributed by atoms with Gasteiger partial charge in [0.05, 0.1) is 0 Å². The third-order valence-electron chi connectivity index (χ3n) is 4.82. The Morgan fingerprint density at radius 2 is 2.05 bits per heavy atom. The second kappa shape index (κ2) is 6.83. The fourth-order valence-corrected chi connectivity index (χ4v) is 4.44. The third kappa shape index (κ3) is 3.79. The molecule has 0 aromatic carbocycles. The van der Waals surface area contributed by atoms with Gasteiger partial charge in [-0.1, -0.05) is 11.8 Å². The van der Waals surface area contributed by atoms with Gasteiger partial charge in [-0.25, -0.2) is 8.78 Å². The number of aromatic nitrogens is 3. The van der Waals surface area contributed by atoms with Gasteiger partial charge in [-0.05, 0) is 38.1 Å². The van der Waals surface area contributed by atoms with E-state index in [1.165, 1.54) is 6.42 Å². The molecule has 1 aliphatic heterocycles. The molecule has 1 aliphatic carbocycles. The van der Waals surface area contributed by atoms with Crippen LogP contribution < -0.4 is 5.32 Å². The Morgan fingerprint density at radius 1 is 1.27 bits per heavy atom. The van der Waals surface area contributed by atoms with Gasteiger partial charge in [0.2, 0.25) is 5.92 Å². The molecule has 2 aliphatic rings. The van der Waals surface area contributed by atoms with E-state index in [1.54, 1.807) is 11.8 Å². The second-order valence-corrected chi connectivity index (χ2v) is 7.54. The van der Waals surface area contributed by atoms with E-state index in [2.05, 4.69) is 20.1 Å². The van der Waals surface area contributed by atoms with Crippen molar-refractivity contribution in [3.63, 3.8) is 0 Å². The molecule has 0 bridgehead atoms. The lowest BCUT2D eigenvalue weighted by atomic mass is 9.88. The lowest BCUT2D eigenvalue weighted by Gasteiger charge is -2.27. The van der Waals surface area contributed by atoms with Crippen LogP contribution in [0, 0.1) is 5.92 Å². The van der Waals surface area contributed by atoms with Gasteiger partial charge >= 0.3 is 0 Å². The molecule has 1 saturated carbocycles. The predicted molar refractivity (Wildman–Crippen MR) is 83.5 cm³/mol. The number of hydrogen-bond donors (Lipinski definition) is 1. The molecular weight excluding hydrogens is 306 g/mol. The Morgan fingerprint density at radius 3 is 2.73 bits per heavy atom. The summed E-state index contributed by atoms with van der Waals surface area (Å²) < 4.78 is 28.4. The standard InChI is InChI=1S/C15H24F2N4S/c1-21-13(12-3-2-8-18-9-12)19-20-14(21)22-10-11-4-6-15(16,17)7-5-11/h11-12,18H,2-10H2,1H3/t12-/m0/s1. The first-order valence-electron chi connectivity index (χ1n) is 8.16. The molecule has 1 aromatic heterocycles. The molecular formula is C15H24F2N4S. The van der Waals surface area contributed by atoms with E-state index in [-0.39, 0.29) is 12.8 Å². The number of nitrogens with zero attached hydrogens (tertiary/aromatic N) is 3. The van der Waals surface area contributed by atoms with Crippen molar-refractivity contribution in [1.29, 1.82) is 0 Å². The second-order valence-electron chi connectivity index (χ2n) is 6.55. The normalized spacial score (nSPS) is 26.2. The molecule has 3 rings (SSSR count). The van der Waals surface area contributed by atoms with Gasteiger partial charge in [-0.2, -0.15) is 0 Å². The van der Waals surface area contributed by atoms with E-state index in [0.29, 0.717) is 24.7 Å². The summed E-state index contributed by atoms with van der Waals surface area (Å²) in [6.45, 7) is 2.05. The van der Waals surface area contributed by atoms with Gasteiger partial charge < -0.3 is 9.88 Å². The van der Waals surface area contributed by atoms with Crippen molar-refractivity contribution in [3.8, 4) is 0 Å². The van der Waals surface area contributed by atoms with Crippen LogP contribution in [0.4, 0.5) is 8.78 Å². The van der Waals surface area contributed by atoms with Gasteiger partial charge in [0.15, 0.2) is 5.16 Å². The number of rotatable bonds is 4. The van der Waals surface area contributed by atoms with Crippen molar-refractivity contribution >= 4 is 11.8 Å². The Kier molecular flexibility index (Phi) is 5.02. The predicted octanol–water partition coefficient (Wildman–Crippen LogP) is 3.20. The summed E-state index contributed by atoms with van der Waals surface area (Å²) in [6.07, 6.45) is 3.65. The topological polar surface area (TPSA) is 42.7 Å². The Hall–Kier alpha value is -0.690. The monoisotopic (exact) mass is 330 g/mol. The van der Waals surface area contributed by atoms with Crippen LogP contribution in [0.2, 0.25) is 0 Å². The van der Waals surface area contributed by atoms with Crippen LogP contribution in [0.25, 0.3) is 0 Å². The Bertz CT molecular complexity index is 490. The number of nitrogens with one attached hydrogen (secondary N) is 1. The first kappa shape index (κ1) is 16.2. The van der Waals surface area contributed by atoms with Gasteiger partial charge in [-0.15, -0.1) is 10.2 Å². The van der Waals surface area contributed by atoms with Crippen molar-refractivity contribution < 1.29 is 8.78 Å². The average molecular weight is 330 g/mol. The molecule has 1 aromatic rings. The lowest BCUT2D eigenvalue weighted by molar-refractivity contribution is -0.0433. The fraction of sp³-hybridized carbons (Fsp3) is 0.867. The van der Waals surface area contributed by atoms with Crippen LogP contribution in [0.1, 0.15) is 50.3 Å². The molecule has 1 atom stereocenters. The molecule has 1 N–H and O–H groups in total. The number of alkyl halides is 2. The summed E-state index contributed by atoms with van der Waals surface area (Å²) in [5.74, 6) is 0.290. The lowest BCUT2D eigenvalue weighted by Crippen LogP contribution is -2.29. The molecule has 0 spiro atoms. The molecule has 22 heavy (non-hydrogen) atoms. The smallest absolute Gasteiger partial charge is 0.248 e. The van der Waals surface area contributed by atoms with E-state index < -0.39 is 5.92 Å². The molecule has 2 heterocycles. The molecule has 2 fully saturated rings. The van der Waals surface area contributed by atoms with Crippen molar-refractivity contribution in [2.24, 2.45) is 13.0 Å². The highest BCUT2D eigenvalue weighted by molar-refractivity contribution is 7.99. The maximum atomic E-state index is 13.2. The average Bonchev–Trinajstić information content (AvgIpc) is 2.88. The van der Waals surface area contributed by atoms with Crippen LogP contribution in [0.5, 0.6) is 0 Å². The van der Waals surface area contributed by atoms with Gasteiger partial charge in [0.25, 0.3) is 0 Å². The van der Waals surface area contributed by atoms with Crippen LogP contribution >= 0.6 is 11.8 Å². The van der Waals surface area contributed by atoms with E-state index >= 15 is 0 Å². The van der Waals surface area contributed by atoms with Crippen LogP contribution in [-0.4, -0.2) is 39.5 Å². The summed E-state index contributed by atoms with van der Waals surface area (Å²) in [7, 11) is 2.02. The van der Waals surface area contributed by atoms with Gasteiger partial charge in [-0.3, -0.25) is 0 Å². The zero-order valence-electron chi connectivity index (χ0n) is 13.0. The Labute approximate surface area is 134 Å². The Balaban J connectivity index is 1.54. The highest BCUT2D eigenvalue weighted by Gasteiger charge is 2.35. The van der Waals surface area contributed by atoms with Crippen molar-refractivity contribution in [2.45, 2.75) is 55.5 Å². The maximum absolute atomic E-state index is 13.2. The summed E-state index contributed by atoms with van der Waals surface area (Å²) >= 11 is 1.66. The fourth-order valence-electron chi connectivity index (χ4n) is 3.34. The molecule has 1 saturated heterocycles. The quantitative estimate of drug-likeness (QED) is 0.861. The van der Waals surface area contributed by atoms with Gasteiger partial charge in [0, 0.05) is 38.1 Å². The van der Waals surface area contributed by atoms with Gasteiger partial charge in [0.1, 0.15) is 5.82 Å². The third-order valence-corrected chi connectivity index (χ3v) is 6.07. The number of halogens is 2. The number of thioether (sulfide) groups is 1. The summed E-state index contributed by atoms with van der Waals surface area (Å²) in [4.78, 5) is 0. The van der Waals surface area contributed by atoms with Crippen molar-refractivity contribution in [2.75, 3.05) is 18.8 Å². The molecule has 0 radical (unpaired) electrons. The molecule has 0 amide bonds. The van der Waals surface area contributed by atoms with Crippen LogP contribution in [0.3, 0.4) is 0 Å². The van der Waals surface area contributed by atoms with E-state index in [4.69, 9.17) is 0 Å². The molecule has 124 valence electrons. The molecule has 7 heteroatoms. The SMILES string of the molecule is Cn1c(SCC2CCC(F)(F)CC2)nnc1[C@H]1CCCNC1. The van der Waals surface area contributed by atoms with Crippen LogP contribution in [-0.2, 0) is 7.05 Å². The summed E-state index contributed by atoms with van der Waals surface area (Å²) in [5, 5.41) is 13.0. The largest absolute Gasteiger partial charge is 0.316 e. The minimum absolute atomic E-state index is 0.0377. The highest BCUT2D eigenvalue weighted by Crippen LogP contribution is 2.38. The van der Waals surface area contributed by atoms with Crippen LogP contribution in [0.15, 0.2) is 5.16 Å². The molecule has 4 nitrogen and oxygen atoms in total. The molecule has 0 unspecified atom stereocenters. The zero-order chi connectivity index (χ0) is 15.6. The zero-order valence-corrected chi connectivity index (χ0v) is 13.8. The maximum Gasteiger partial charge on any atom is 0.248 e.